The fourth-order valence-electron chi connectivity index (χ4n) is 3.25. The highest BCUT2D eigenvalue weighted by atomic mass is 79.9. The molecule has 0 spiro atoms. The molecule has 1 aliphatic heterocycles. The topological polar surface area (TPSA) is 173 Å². The summed E-state index contributed by atoms with van der Waals surface area (Å²) in [6, 6.07) is 0.695. The van der Waals surface area contributed by atoms with Gasteiger partial charge in [0, 0.05) is 55.7 Å². The maximum Gasteiger partial charge on any atom is 0.303 e. The lowest BCUT2D eigenvalue weighted by molar-refractivity contribution is -0.215. The van der Waals surface area contributed by atoms with Gasteiger partial charge in [-0.25, -0.2) is 5.84 Å². The van der Waals surface area contributed by atoms with E-state index < -0.39 is 53.5 Å². The summed E-state index contributed by atoms with van der Waals surface area (Å²) in [4.78, 5) is 52.0. The minimum absolute atomic E-state index is 0.181. The number of pyridine rings is 1. The number of esters is 3. The lowest BCUT2D eigenvalue weighted by Crippen LogP contribution is -2.66. The van der Waals surface area contributed by atoms with Crippen LogP contribution in [-0.4, -0.2) is 70.1 Å². The summed E-state index contributed by atoms with van der Waals surface area (Å²) >= 11 is 4.51. The largest absolute Gasteiger partial charge is 0.463 e. The zero-order valence-corrected chi connectivity index (χ0v) is 21.9. The third kappa shape index (κ3) is 8.49. The third-order valence-corrected chi connectivity index (χ3v) is 6.18. The standard InChI is InChI=1S/C21H27BrN4O8S/c1-10(27)16(23)8-26(24)18-19(32-12(3)29)17(9-31-11(2)28)34-21(20(18)33-13(4)30)35-15-5-14(22)6-25-7-15/h5-8,17-21H,9,23-24H2,1-4H3/b16-8-. The molecule has 0 aliphatic carbocycles. The van der Waals surface area contributed by atoms with Gasteiger partial charge in [-0.1, -0.05) is 11.8 Å². The molecule has 192 valence electrons. The van der Waals surface area contributed by atoms with E-state index in [4.69, 9.17) is 30.5 Å². The van der Waals surface area contributed by atoms with E-state index in [-0.39, 0.29) is 12.3 Å². The van der Waals surface area contributed by atoms with Crippen LogP contribution in [-0.2, 0) is 38.1 Å². The molecule has 0 saturated carbocycles. The minimum atomic E-state index is -1.17. The van der Waals surface area contributed by atoms with Gasteiger partial charge >= 0.3 is 17.9 Å². The molecule has 12 nitrogen and oxygen atoms in total. The van der Waals surface area contributed by atoms with Crippen LogP contribution in [0.25, 0.3) is 0 Å². The van der Waals surface area contributed by atoms with Crippen molar-refractivity contribution in [3.8, 4) is 0 Å². The molecule has 1 aromatic rings. The predicted molar refractivity (Wildman–Crippen MR) is 127 cm³/mol. The van der Waals surface area contributed by atoms with E-state index in [1.807, 2.05) is 0 Å². The van der Waals surface area contributed by atoms with E-state index in [2.05, 4.69) is 20.9 Å². The van der Waals surface area contributed by atoms with E-state index in [0.29, 0.717) is 9.37 Å². The van der Waals surface area contributed by atoms with Gasteiger partial charge in [0.25, 0.3) is 0 Å². The summed E-state index contributed by atoms with van der Waals surface area (Å²) in [7, 11) is 0. The van der Waals surface area contributed by atoms with Crippen molar-refractivity contribution >= 4 is 51.4 Å². The van der Waals surface area contributed by atoms with E-state index in [0.717, 1.165) is 23.0 Å². The number of ketones is 1. The second kappa shape index (κ2) is 12.9. The average molecular weight is 575 g/mol. The molecule has 14 heteroatoms. The number of rotatable bonds is 9. The number of allylic oxidation sites excluding steroid dienone is 1. The van der Waals surface area contributed by atoms with E-state index in [9.17, 15) is 19.2 Å². The second-order valence-corrected chi connectivity index (χ2v) is 9.62. The van der Waals surface area contributed by atoms with Crippen LogP contribution in [0.4, 0.5) is 0 Å². The van der Waals surface area contributed by atoms with Gasteiger partial charge in [-0.3, -0.25) is 24.2 Å². The molecule has 5 unspecified atom stereocenters. The van der Waals surface area contributed by atoms with Crippen molar-refractivity contribution in [1.82, 2.24) is 9.99 Å². The van der Waals surface area contributed by atoms with Crippen LogP contribution >= 0.6 is 27.7 Å². The Morgan fingerprint density at radius 2 is 1.74 bits per heavy atom. The summed E-state index contributed by atoms with van der Waals surface area (Å²) in [6.45, 7) is 4.55. The van der Waals surface area contributed by atoms with Crippen molar-refractivity contribution < 1.29 is 38.1 Å². The Bertz CT molecular complexity index is 994. The highest BCUT2D eigenvalue weighted by Crippen LogP contribution is 2.38. The van der Waals surface area contributed by atoms with Crippen LogP contribution in [0.2, 0.25) is 0 Å². The molecule has 0 amide bonds. The molecular weight excluding hydrogens is 548 g/mol. The molecule has 0 radical (unpaired) electrons. The van der Waals surface area contributed by atoms with Crippen LogP contribution in [0.1, 0.15) is 27.7 Å². The highest BCUT2D eigenvalue weighted by Gasteiger charge is 2.52. The first-order valence-corrected chi connectivity index (χ1v) is 12.0. The molecule has 4 N–H and O–H groups in total. The van der Waals surface area contributed by atoms with Crippen molar-refractivity contribution in [2.24, 2.45) is 11.6 Å². The number of carbonyl (C=O) groups excluding carboxylic acids is 4. The Labute approximate surface area is 214 Å². The van der Waals surface area contributed by atoms with Crippen LogP contribution in [0, 0.1) is 0 Å². The number of Topliss-reactive ketones (excluding diaryl/α,β-unsaturated/α-hetero) is 1. The number of halogens is 1. The van der Waals surface area contributed by atoms with Crippen molar-refractivity contribution in [3.05, 3.63) is 34.8 Å². The van der Waals surface area contributed by atoms with Gasteiger partial charge in [0.15, 0.2) is 18.0 Å². The number of hydrogen-bond acceptors (Lipinski definition) is 13. The lowest BCUT2D eigenvalue weighted by atomic mass is 9.96. The number of carbonyl (C=O) groups is 4. The SMILES string of the molecule is CC(=O)OCC1OC(Sc2cncc(Br)c2)C(OC(C)=O)C(N(N)/C=C(\N)C(C)=O)C1OC(C)=O. The Balaban J connectivity index is 2.58. The first-order valence-electron chi connectivity index (χ1n) is 10.3. The van der Waals surface area contributed by atoms with E-state index >= 15 is 0 Å². The summed E-state index contributed by atoms with van der Waals surface area (Å²) in [5.41, 5.74) is 4.69. The van der Waals surface area contributed by atoms with Gasteiger partial charge < -0.3 is 29.7 Å². The Morgan fingerprint density at radius 1 is 1.11 bits per heavy atom. The number of nitrogens with zero attached hydrogens (tertiary/aromatic N) is 2. The highest BCUT2D eigenvalue weighted by molar-refractivity contribution is 9.10. The number of nitrogens with two attached hydrogens (primary N) is 2. The maximum absolute atomic E-state index is 12.1. The minimum Gasteiger partial charge on any atom is -0.463 e. The van der Waals surface area contributed by atoms with Crippen molar-refractivity contribution in [3.63, 3.8) is 0 Å². The Kier molecular flexibility index (Phi) is 10.5. The van der Waals surface area contributed by atoms with Crippen molar-refractivity contribution in [2.75, 3.05) is 6.61 Å². The van der Waals surface area contributed by atoms with E-state index in [1.54, 1.807) is 18.5 Å². The predicted octanol–water partition coefficient (Wildman–Crippen LogP) is 1.02. The van der Waals surface area contributed by atoms with Gasteiger partial charge in [0.2, 0.25) is 0 Å². The van der Waals surface area contributed by atoms with Crippen molar-refractivity contribution in [2.45, 2.75) is 62.4 Å². The molecule has 5 atom stereocenters. The summed E-state index contributed by atoms with van der Waals surface area (Å²) in [5.74, 6) is 3.89. The number of hydrazine groups is 1. The number of ether oxygens (including phenoxy) is 4. The molecule has 1 aliphatic rings. The molecule has 35 heavy (non-hydrogen) atoms. The smallest absolute Gasteiger partial charge is 0.303 e. The molecule has 0 aromatic carbocycles. The first-order chi connectivity index (χ1) is 16.4. The first kappa shape index (κ1) is 28.6. The van der Waals surface area contributed by atoms with E-state index in [1.165, 1.54) is 27.7 Å². The maximum atomic E-state index is 12.1. The van der Waals surface area contributed by atoms with Gasteiger partial charge in [-0.2, -0.15) is 0 Å². The zero-order valence-electron chi connectivity index (χ0n) is 19.5. The second-order valence-electron chi connectivity index (χ2n) is 7.53. The molecule has 1 fully saturated rings. The normalized spacial score (nSPS) is 24.3. The van der Waals surface area contributed by atoms with Crippen molar-refractivity contribution in [1.29, 1.82) is 0 Å². The lowest BCUT2D eigenvalue weighted by Gasteiger charge is -2.47. The van der Waals surface area contributed by atoms with Crippen LogP contribution in [0.15, 0.2) is 39.7 Å². The number of hydrogen-bond donors (Lipinski definition) is 2. The Hall–Kier alpha value is -2.68. The third-order valence-electron chi connectivity index (χ3n) is 4.64. The van der Waals surface area contributed by atoms with Gasteiger partial charge in [-0.15, -0.1) is 0 Å². The summed E-state index contributed by atoms with van der Waals surface area (Å²) < 4.78 is 23.0. The fourth-order valence-corrected chi connectivity index (χ4v) is 4.90. The number of aromatic nitrogens is 1. The van der Waals surface area contributed by atoms with Gasteiger partial charge in [0.05, 0.1) is 5.70 Å². The monoisotopic (exact) mass is 574 g/mol. The van der Waals surface area contributed by atoms with Gasteiger partial charge in [0.1, 0.15) is 24.2 Å². The van der Waals surface area contributed by atoms with Crippen LogP contribution < -0.4 is 11.6 Å². The Morgan fingerprint density at radius 3 is 2.29 bits per heavy atom. The average Bonchev–Trinajstić information content (AvgIpc) is 2.73. The number of thioether (sulfide) groups is 1. The molecule has 1 saturated heterocycles. The zero-order chi connectivity index (χ0) is 26.3. The van der Waals surface area contributed by atoms with Crippen LogP contribution in [0.3, 0.4) is 0 Å². The summed E-state index contributed by atoms with van der Waals surface area (Å²) in [5, 5.41) is 1.04. The molecule has 1 aromatic heterocycles. The molecule has 0 bridgehead atoms. The molecular formula is C21H27BrN4O8S. The van der Waals surface area contributed by atoms with Gasteiger partial charge in [-0.05, 0) is 22.0 Å². The summed E-state index contributed by atoms with van der Waals surface area (Å²) in [6.07, 6.45) is 1.03. The molecule has 2 rings (SSSR count). The van der Waals surface area contributed by atoms with Crippen LogP contribution in [0.5, 0.6) is 0 Å². The quantitative estimate of drug-likeness (QED) is 0.141. The fraction of sp³-hybridized carbons (Fsp3) is 0.476. The molecule has 2 heterocycles.